The van der Waals surface area contributed by atoms with Crippen molar-refractivity contribution < 1.29 is 0 Å². The van der Waals surface area contributed by atoms with Gasteiger partial charge in [-0.25, -0.2) is 9.97 Å². The zero-order valence-electron chi connectivity index (χ0n) is 27.1. The van der Waals surface area contributed by atoms with E-state index in [4.69, 9.17) is 9.97 Å². The smallest absolute Gasteiger partial charge is 0.162 e. The van der Waals surface area contributed by atoms with E-state index in [1.807, 2.05) is 12.1 Å². The number of fused-ring (bicyclic) bond motifs is 7. The summed E-state index contributed by atoms with van der Waals surface area (Å²) in [6.45, 7) is 0. The van der Waals surface area contributed by atoms with E-state index in [1.54, 1.807) is 0 Å². The van der Waals surface area contributed by atoms with E-state index >= 15 is 0 Å². The van der Waals surface area contributed by atoms with Gasteiger partial charge in [-0.1, -0.05) is 140 Å². The van der Waals surface area contributed by atoms with Crippen molar-refractivity contribution in [3.63, 3.8) is 0 Å². The van der Waals surface area contributed by atoms with E-state index in [0.717, 1.165) is 50.5 Å². The number of nitrogens with zero attached hydrogens (tertiary/aromatic N) is 4. The summed E-state index contributed by atoms with van der Waals surface area (Å²) in [5.41, 5.74) is 10.9. The molecule has 0 aliphatic heterocycles. The van der Waals surface area contributed by atoms with Crippen molar-refractivity contribution in [1.29, 1.82) is 0 Å². The van der Waals surface area contributed by atoms with E-state index in [9.17, 15) is 0 Å². The van der Waals surface area contributed by atoms with Crippen LogP contribution >= 0.6 is 0 Å². The molecular weight excluding hydrogens is 609 g/mol. The number of para-hydroxylation sites is 3. The van der Waals surface area contributed by atoms with Crippen molar-refractivity contribution >= 4 is 43.6 Å². The number of benzene rings is 7. The van der Waals surface area contributed by atoms with Gasteiger partial charge in [-0.3, -0.25) is 4.57 Å². The molecule has 0 unspecified atom stereocenters. The molecule has 0 saturated heterocycles. The molecule has 0 atom stereocenters. The second kappa shape index (κ2) is 11.4. The first kappa shape index (κ1) is 28.3. The summed E-state index contributed by atoms with van der Waals surface area (Å²) in [7, 11) is 0. The van der Waals surface area contributed by atoms with Gasteiger partial charge in [-0.15, -0.1) is 0 Å². The van der Waals surface area contributed by atoms with Crippen LogP contribution in [0.5, 0.6) is 0 Å². The maximum absolute atomic E-state index is 5.40. The van der Waals surface area contributed by atoms with Gasteiger partial charge in [-0.2, -0.15) is 0 Å². The predicted molar refractivity (Wildman–Crippen MR) is 207 cm³/mol. The molecule has 0 saturated carbocycles. The fraction of sp³-hybridized carbons (Fsp3) is 0. The molecule has 3 heterocycles. The highest BCUT2D eigenvalue weighted by molar-refractivity contribution is 6.28. The van der Waals surface area contributed by atoms with Crippen LogP contribution in [0.4, 0.5) is 0 Å². The third kappa shape index (κ3) is 4.39. The molecule has 0 N–H and O–H groups in total. The van der Waals surface area contributed by atoms with Crippen LogP contribution in [0, 0.1) is 0 Å². The third-order valence-corrected chi connectivity index (χ3v) is 9.75. The lowest BCUT2D eigenvalue weighted by Crippen LogP contribution is -2.03. The van der Waals surface area contributed by atoms with E-state index in [1.165, 1.54) is 32.6 Å². The molecule has 4 heteroatoms. The summed E-state index contributed by atoms with van der Waals surface area (Å²) in [6, 6.07) is 64.1. The Morgan fingerprint density at radius 3 is 1.52 bits per heavy atom. The molecule has 10 rings (SSSR count). The molecule has 3 aromatic heterocycles. The molecule has 0 fully saturated rings. The minimum atomic E-state index is 0.688. The van der Waals surface area contributed by atoms with Gasteiger partial charge in [0, 0.05) is 44.4 Å². The van der Waals surface area contributed by atoms with Gasteiger partial charge >= 0.3 is 0 Å². The number of rotatable bonds is 5. The molecule has 7 aromatic carbocycles. The monoisotopic (exact) mass is 638 g/mol. The van der Waals surface area contributed by atoms with Crippen LogP contribution in [0.2, 0.25) is 0 Å². The Morgan fingerprint density at radius 1 is 0.360 bits per heavy atom. The molecule has 0 aliphatic rings. The van der Waals surface area contributed by atoms with Gasteiger partial charge in [0.15, 0.2) is 5.82 Å². The summed E-state index contributed by atoms with van der Waals surface area (Å²) < 4.78 is 4.70. The Bertz CT molecular complexity index is 2850. The lowest BCUT2D eigenvalue weighted by molar-refractivity contribution is 1.05. The second-order valence-electron chi connectivity index (χ2n) is 12.6. The fourth-order valence-electron chi connectivity index (χ4n) is 7.59. The van der Waals surface area contributed by atoms with Gasteiger partial charge in [0.05, 0.1) is 27.8 Å². The first-order valence-corrected chi connectivity index (χ1v) is 16.9. The quantitative estimate of drug-likeness (QED) is 0.188. The zero-order valence-corrected chi connectivity index (χ0v) is 27.1. The number of hydrogen-bond acceptors (Lipinski definition) is 2. The van der Waals surface area contributed by atoms with Crippen LogP contribution in [-0.4, -0.2) is 19.1 Å². The maximum Gasteiger partial charge on any atom is 0.162 e. The maximum atomic E-state index is 5.40. The third-order valence-electron chi connectivity index (χ3n) is 9.75. The van der Waals surface area contributed by atoms with Crippen molar-refractivity contribution in [3.8, 4) is 45.3 Å². The normalized spacial score (nSPS) is 11.6. The Kier molecular flexibility index (Phi) is 6.46. The average molecular weight is 639 g/mol. The predicted octanol–water partition coefficient (Wildman–Crippen LogP) is 11.7. The molecular formula is C46H30N4. The van der Waals surface area contributed by atoms with E-state index in [0.29, 0.717) is 5.82 Å². The highest BCUT2D eigenvalue weighted by Crippen LogP contribution is 2.42. The molecule has 10 aromatic rings. The SMILES string of the molecule is c1ccc(-c2cc(-n3c4ccccc4c4c5c6ccccc6n(-c6ccccc6)c5ccc43)nc(-c3ccccc3-c3ccccc3)n2)cc1. The molecule has 0 bridgehead atoms. The minimum Gasteiger partial charge on any atom is -0.309 e. The highest BCUT2D eigenvalue weighted by Gasteiger charge is 2.22. The average Bonchev–Trinajstić information content (AvgIpc) is 3.72. The van der Waals surface area contributed by atoms with Gasteiger partial charge in [0.2, 0.25) is 0 Å². The van der Waals surface area contributed by atoms with Crippen LogP contribution in [0.3, 0.4) is 0 Å². The minimum absolute atomic E-state index is 0.688. The molecule has 234 valence electrons. The van der Waals surface area contributed by atoms with Crippen LogP contribution in [0.1, 0.15) is 0 Å². The van der Waals surface area contributed by atoms with Gasteiger partial charge in [0.25, 0.3) is 0 Å². The van der Waals surface area contributed by atoms with Crippen LogP contribution in [0.15, 0.2) is 182 Å². The lowest BCUT2D eigenvalue weighted by Gasteiger charge is -2.14. The van der Waals surface area contributed by atoms with Crippen LogP contribution < -0.4 is 0 Å². The summed E-state index contributed by atoms with van der Waals surface area (Å²) >= 11 is 0. The Labute approximate surface area is 289 Å². The van der Waals surface area contributed by atoms with Crippen molar-refractivity contribution in [2.75, 3.05) is 0 Å². The van der Waals surface area contributed by atoms with Crippen molar-refractivity contribution in [2.24, 2.45) is 0 Å². The Hall–Kier alpha value is -6.78. The molecule has 50 heavy (non-hydrogen) atoms. The Balaban J connectivity index is 1.31. The number of aromatic nitrogens is 4. The second-order valence-corrected chi connectivity index (χ2v) is 12.6. The fourth-order valence-corrected chi connectivity index (χ4v) is 7.59. The molecule has 0 radical (unpaired) electrons. The van der Waals surface area contributed by atoms with Gasteiger partial charge in [0.1, 0.15) is 5.82 Å². The molecule has 4 nitrogen and oxygen atoms in total. The van der Waals surface area contributed by atoms with Crippen molar-refractivity contribution in [2.45, 2.75) is 0 Å². The van der Waals surface area contributed by atoms with Crippen LogP contribution in [0.25, 0.3) is 88.9 Å². The van der Waals surface area contributed by atoms with Crippen molar-refractivity contribution in [1.82, 2.24) is 19.1 Å². The van der Waals surface area contributed by atoms with Gasteiger partial charge < -0.3 is 4.57 Å². The lowest BCUT2D eigenvalue weighted by atomic mass is 9.99. The highest BCUT2D eigenvalue weighted by atomic mass is 15.1. The molecule has 0 spiro atoms. The standard InChI is InChI=1S/C46H30N4/c1-4-16-31(17-5-1)34-22-10-11-23-35(34)46-47-38(32-18-6-2-7-19-32)30-43(48-46)50-40-27-15-13-25-37(40)45-42(50)29-28-41-44(45)36-24-12-14-26-39(36)49(41)33-20-8-3-9-21-33/h1-30H. The first-order chi connectivity index (χ1) is 24.8. The molecule has 0 amide bonds. The van der Waals surface area contributed by atoms with Crippen LogP contribution in [-0.2, 0) is 0 Å². The van der Waals surface area contributed by atoms with Crippen molar-refractivity contribution in [3.05, 3.63) is 182 Å². The van der Waals surface area contributed by atoms with E-state index < -0.39 is 0 Å². The summed E-state index contributed by atoms with van der Waals surface area (Å²) in [5.74, 6) is 1.52. The largest absolute Gasteiger partial charge is 0.309 e. The number of hydrogen-bond donors (Lipinski definition) is 0. The molecule has 0 aliphatic carbocycles. The summed E-state index contributed by atoms with van der Waals surface area (Å²) in [4.78, 5) is 10.6. The van der Waals surface area contributed by atoms with Gasteiger partial charge in [-0.05, 0) is 47.5 Å². The zero-order chi connectivity index (χ0) is 33.0. The Morgan fingerprint density at radius 2 is 0.860 bits per heavy atom. The summed E-state index contributed by atoms with van der Waals surface area (Å²) in [5, 5.41) is 4.87. The summed E-state index contributed by atoms with van der Waals surface area (Å²) in [6.07, 6.45) is 0. The van der Waals surface area contributed by atoms with E-state index in [2.05, 4.69) is 179 Å². The first-order valence-electron chi connectivity index (χ1n) is 16.9. The van der Waals surface area contributed by atoms with E-state index in [-0.39, 0.29) is 0 Å². The topological polar surface area (TPSA) is 35.6 Å².